The van der Waals surface area contributed by atoms with Gasteiger partial charge in [0.1, 0.15) is 0 Å². The fraction of sp³-hybridized carbons (Fsp3) is 0.333. The standard InChI is InChI=1S/2C3H5N3/c1-6-3-2-4-5-6;1-3-2-4-6-5-3/h2-3H,1H3;2H,1H3,(H,4,5,6). The molecule has 0 bridgehead atoms. The van der Waals surface area contributed by atoms with E-state index in [0.717, 1.165) is 5.69 Å². The fourth-order valence-electron chi connectivity index (χ4n) is 0.526. The van der Waals surface area contributed by atoms with E-state index < -0.39 is 0 Å². The average molecular weight is 166 g/mol. The first-order valence-corrected chi connectivity index (χ1v) is 3.41. The van der Waals surface area contributed by atoms with E-state index >= 15 is 0 Å². The van der Waals surface area contributed by atoms with Gasteiger partial charge in [-0.15, -0.1) is 5.10 Å². The highest BCUT2D eigenvalue weighted by molar-refractivity contribution is 4.82. The van der Waals surface area contributed by atoms with Crippen molar-refractivity contribution in [2.45, 2.75) is 6.92 Å². The molecule has 0 spiro atoms. The van der Waals surface area contributed by atoms with Crippen LogP contribution >= 0.6 is 0 Å². The smallest absolute Gasteiger partial charge is 0.0793 e. The number of hydrogen-bond donors (Lipinski definition) is 1. The summed E-state index contributed by atoms with van der Waals surface area (Å²) >= 11 is 0. The predicted octanol–water partition coefficient (Wildman–Crippen LogP) is -0.0718. The zero-order valence-corrected chi connectivity index (χ0v) is 6.97. The Bertz CT molecular complexity index is 251. The Balaban J connectivity index is 0.000000120. The molecule has 0 aliphatic heterocycles. The SMILES string of the molecule is Cc1cn[nH]n1.Cn1ccnn1. The van der Waals surface area contributed by atoms with Gasteiger partial charge in [-0.2, -0.15) is 15.4 Å². The summed E-state index contributed by atoms with van der Waals surface area (Å²) in [6.45, 7) is 1.88. The molecule has 0 unspecified atom stereocenters. The van der Waals surface area contributed by atoms with Gasteiger partial charge in [0.15, 0.2) is 0 Å². The molecular formula is C6H10N6. The molecule has 0 saturated carbocycles. The minimum atomic E-state index is 0.926. The van der Waals surface area contributed by atoms with Crippen molar-refractivity contribution < 1.29 is 0 Å². The number of aromatic nitrogens is 6. The van der Waals surface area contributed by atoms with Crippen LogP contribution in [-0.4, -0.2) is 30.4 Å². The van der Waals surface area contributed by atoms with Gasteiger partial charge in [-0.1, -0.05) is 5.21 Å². The molecule has 0 fully saturated rings. The molecule has 6 heteroatoms. The van der Waals surface area contributed by atoms with Gasteiger partial charge in [0.25, 0.3) is 0 Å². The summed E-state index contributed by atoms with van der Waals surface area (Å²) in [7, 11) is 1.83. The molecule has 0 aliphatic carbocycles. The van der Waals surface area contributed by atoms with Gasteiger partial charge in [0, 0.05) is 13.2 Å². The maximum absolute atomic E-state index is 3.68. The fourth-order valence-corrected chi connectivity index (χ4v) is 0.526. The summed E-state index contributed by atoms with van der Waals surface area (Å²) in [6.07, 6.45) is 5.08. The molecule has 0 saturated heterocycles. The Morgan fingerprint density at radius 1 is 1.50 bits per heavy atom. The van der Waals surface area contributed by atoms with Crippen molar-refractivity contribution in [1.29, 1.82) is 0 Å². The lowest BCUT2D eigenvalue weighted by Crippen LogP contribution is -1.85. The molecule has 0 aliphatic rings. The van der Waals surface area contributed by atoms with Gasteiger partial charge < -0.3 is 0 Å². The Morgan fingerprint density at radius 3 is 2.50 bits per heavy atom. The van der Waals surface area contributed by atoms with Crippen LogP contribution in [0.15, 0.2) is 18.6 Å². The normalized spacial score (nSPS) is 8.83. The number of rotatable bonds is 0. The number of nitrogens with zero attached hydrogens (tertiary/aromatic N) is 5. The second kappa shape index (κ2) is 4.22. The maximum atomic E-state index is 3.68. The van der Waals surface area contributed by atoms with E-state index in [9.17, 15) is 0 Å². The van der Waals surface area contributed by atoms with E-state index in [1.165, 1.54) is 0 Å². The molecule has 2 aromatic heterocycles. The second-order valence-corrected chi connectivity index (χ2v) is 2.19. The molecule has 12 heavy (non-hydrogen) atoms. The third-order valence-corrected chi connectivity index (χ3v) is 1.08. The minimum absolute atomic E-state index is 0.926. The van der Waals surface area contributed by atoms with E-state index in [1.54, 1.807) is 23.3 Å². The molecule has 2 aromatic rings. The van der Waals surface area contributed by atoms with Crippen molar-refractivity contribution in [3.8, 4) is 0 Å². The Labute approximate surface area is 69.6 Å². The Hall–Kier alpha value is -1.72. The number of nitrogens with one attached hydrogen (secondary N) is 1. The molecule has 0 aromatic carbocycles. The molecular weight excluding hydrogens is 156 g/mol. The summed E-state index contributed by atoms with van der Waals surface area (Å²) in [4.78, 5) is 0. The van der Waals surface area contributed by atoms with Gasteiger partial charge in [-0.3, -0.25) is 4.68 Å². The van der Waals surface area contributed by atoms with E-state index in [0.29, 0.717) is 0 Å². The van der Waals surface area contributed by atoms with Gasteiger partial charge in [0.2, 0.25) is 0 Å². The molecule has 64 valence electrons. The Morgan fingerprint density at radius 2 is 2.33 bits per heavy atom. The summed E-state index contributed by atoms with van der Waals surface area (Å²) < 4.78 is 1.64. The number of aryl methyl sites for hydroxylation is 2. The van der Waals surface area contributed by atoms with Gasteiger partial charge in [-0.05, 0) is 6.92 Å². The van der Waals surface area contributed by atoms with Gasteiger partial charge in [-0.25, -0.2) is 0 Å². The van der Waals surface area contributed by atoms with Crippen LogP contribution in [0, 0.1) is 6.92 Å². The van der Waals surface area contributed by atoms with E-state index in [2.05, 4.69) is 25.7 Å². The highest BCUT2D eigenvalue weighted by atomic mass is 15.4. The van der Waals surface area contributed by atoms with Crippen LogP contribution < -0.4 is 0 Å². The first-order chi connectivity index (χ1) is 5.79. The van der Waals surface area contributed by atoms with Crippen LogP contribution in [0.25, 0.3) is 0 Å². The molecule has 0 amide bonds. The molecule has 6 nitrogen and oxygen atoms in total. The van der Waals surface area contributed by atoms with Crippen LogP contribution in [0.2, 0.25) is 0 Å². The van der Waals surface area contributed by atoms with Crippen molar-refractivity contribution >= 4 is 0 Å². The average Bonchev–Trinajstić information content (AvgIpc) is 2.63. The van der Waals surface area contributed by atoms with Crippen molar-refractivity contribution in [2.75, 3.05) is 0 Å². The lowest BCUT2D eigenvalue weighted by Gasteiger charge is -1.74. The van der Waals surface area contributed by atoms with Crippen LogP contribution in [0.3, 0.4) is 0 Å². The number of aromatic amines is 1. The van der Waals surface area contributed by atoms with E-state index in [1.807, 2.05) is 14.0 Å². The molecule has 0 atom stereocenters. The van der Waals surface area contributed by atoms with Crippen molar-refractivity contribution in [1.82, 2.24) is 30.4 Å². The topological polar surface area (TPSA) is 72.3 Å². The predicted molar refractivity (Wildman–Crippen MR) is 42.1 cm³/mol. The number of hydrogen-bond acceptors (Lipinski definition) is 4. The second-order valence-electron chi connectivity index (χ2n) is 2.19. The lowest BCUT2D eigenvalue weighted by atomic mass is 10.6. The Kier molecular flexibility index (Phi) is 2.95. The lowest BCUT2D eigenvalue weighted by molar-refractivity contribution is 0.715. The largest absolute Gasteiger partial charge is 0.256 e. The van der Waals surface area contributed by atoms with Gasteiger partial charge >= 0.3 is 0 Å². The molecule has 0 radical (unpaired) electrons. The van der Waals surface area contributed by atoms with Crippen LogP contribution in [0.5, 0.6) is 0 Å². The maximum Gasteiger partial charge on any atom is 0.0793 e. The summed E-state index contributed by atoms with van der Waals surface area (Å²) in [5, 5.41) is 16.8. The number of H-pyrrole nitrogens is 1. The zero-order chi connectivity index (χ0) is 8.81. The van der Waals surface area contributed by atoms with Crippen molar-refractivity contribution in [3.05, 3.63) is 24.3 Å². The van der Waals surface area contributed by atoms with E-state index in [4.69, 9.17) is 0 Å². The van der Waals surface area contributed by atoms with Crippen molar-refractivity contribution in [2.24, 2.45) is 7.05 Å². The summed E-state index contributed by atoms with van der Waals surface area (Å²) in [6, 6.07) is 0. The molecule has 1 N–H and O–H groups in total. The van der Waals surface area contributed by atoms with Gasteiger partial charge in [0.05, 0.1) is 18.1 Å². The quantitative estimate of drug-likeness (QED) is 0.594. The van der Waals surface area contributed by atoms with Crippen LogP contribution in [0.1, 0.15) is 5.69 Å². The first-order valence-electron chi connectivity index (χ1n) is 3.41. The monoisotopic (exact) mass is 166 g/mol. The first kappa shape index (κ1) is 8.38. The molecule has 2 heterocycles. The van der Waals surface area contributed by atoms with Crippen LogP contribution in [-0.2, 0) is 7.05 Å². The highest BCUT2D eigenvalue weighted by Gasteiger charge is 1.76. The van der Waals surface area contributed by atoms with E-state index in [-0.39, 0.29) is 0 Å². The highest BCUT2D eigenvalue weighted by Crippen LogP contribution is 1.77. The zero-order valence-electron chi connectivity index (χ0n) is 6.97. The molecule has 2 rings (SSSR count). The third-order valence-electron chi connectivity index (χ3n) is 1.08. The summed E-state index contributed by atoms with van der Waals surface area (Å²) in [5.41, 5.74) is 0.926. The minimum Gasteiger partial charge on any atom is -0.256 e. The third kappa shape index (κ3) is 2.91. The van der Waals surface area contributed by atoms with Crippen LogP contribution in [0.4, 0.5) is 0 Å². The summed E-state index contributed by atoms with van der Waals surface area (Å²) in [5.74, 6) is 0. The van der Waals surface area contributed by atoms with Crippen molar-refractivity contribution in [3.63, 3.8) is 0 Å².